The van der Waals surface area contributed by atoms with Crippen LogP contribution < -0.4 is 14.4 Å². The molecule has 0 unspecified atom stereocenters. The van der Waals surface area contributed by atoms with Gasteiger partial charge in [0.2, 0.25) is 5.91 Å². The van der Waals surface area contributed by atoms with E-state index in [0.717, 1.165) is 30.6 Å². The number of carbonyl (C=O) groups excluding carboxylic acids is 1. The molecule has 8 heteroatoms. The largest absolute Gasteiger partial charge is 0.493 e. The molecule has 0 radical (unpaired) electrons. The first-order chi connectivity index (χ1) is 14.9. The molecule has 0 aromatic heterocycles. The van der Waals surface area contributed by atoms with Gasteiger partial charge in [0.15, 0.2) is 11.5 Å². The van der Waals surface area contributed by atoms with Crippen molar-refractivity contribution in [3.05, 3.63) is 17.7 Å². The lowest BCUT2D eigenvalue weighted by molar-refractivity contribution is -0.184. The number of hydrogen-bond acceptors (Lipinski definition) is 7. The Labute approximate surface area is 180 Å². The van der Waals surface area contributed by atoms with Crippen molar-refractivity contribution >= 4 is 11.6 Å². The van der Waals surface area contributed by atoms with E-state index in [1.54, 1.807) is 14.2 Å². The monoisotopic (exact) mass is 428 g/mol. The zero-order valence-electron chi connectivity index (χ0n) is 17.8. The highest BCUT2D eigenvalue weighted by Crippen LogP contribution is 2.67. The lowest BCUT2D eigenvalue weighted by Gasteiger charge is -2.61. The summed E-state index contributed by atoms with van der Waals surface area (Å²) in [6, 6.07) is 4.16. The molecule has 1 aromatic carbocycles. The number of nitrogens with zero attached hydrogens (tertiary/aromatic N) is 2. The van der Waals surface area contributed by atoms with Crippen LogP contribution in [-0.4, -0.2) is 84.8 Å². The molecule has 1 aromatic rings. The first kappa shape index (κ1) is 18.7. The first-order valence-corrected chi connectivity index (χ1v) is 11.3. The molecule has 5 aliphatic heterocycles. The lowest BCUT2D eigenvalue weighted by Crippen LogP contribution is -2.74. The van der Waals surface area contributed by atoms with E-state index in [2.05, 4.69) is 11.0 Å². The number of benzene rings is 1. The molecular formula is C23H28N2O6. The molecule has 4 saturated heterocycles. The van der Waals surface area contributed by atoms with Gasteiger partial charge in [0.1, 0.15) is 11.7 Å². The number of piperidine rings is 2. The maximum atomic E-state index is 13.5. The quantitative estimate of drug-likeness (QED) is 0.699. The van der Waals surface area contributed by atoms with Crippen LogP contribution in [0.4, 0.5) is 5.69 Å². The lowest BCUT2D eigenvalue weighted by atomic mass is 9.51. The van der Waals surface area contributed by atoms with Crippen molar-refractivity contribution in [3.63, 3.8) is 0 Å². The van der Waals surface area contributed by atoms with Gasteiger partial charge in [0.05, 0.1) is 45.1 Å². The van der Waals surface area contributed by atoms with Crippen LogP contribution in [0.2, 0.25) is 0 Å². The third kappa shape index (κ3) is 1.92. The highest BCUT2D eigenvalue weighted by Gasteiger charge is 2.75. The van der Waals surface area contributed by atoms with E-state index in [9.17, 15) is 15.0 Å². The second-order valence-corrected chi connectivity index (χ2v) is 10.2. The SMILES string of the molecule is COc1cc2c(cc1OC)[C@]13CCN4C[C@]5(O)[C@H](C[C@H]41)[C@H]1[C@H](CC(=O)N2[C@@H]13)OC[C@@H]5O. The van der Waals surface area contributed by atoms with Gasteiger partial charge in [-0.05, 0) is 31.0 Å². The molecule has 1 saturated carbocycles. The van der Waals surface area contributed by atoms with E-state index in [1.807, 2.05) is 11.0 Å². The van der Waals surface area contributed by atoms with Crippen LogP contribution in [0.15, 0.2) is 12.1 Å². The number of rotatable bonds is 2. The van der Waals surface area contributed by atoms with Crippen molar-refractivity contribution in [1.82, 2.24) is 4.90 Å². The smallest absolute Gasteiger partial charge is 0.229 e. The Kier molecular flexibility index (Phi) is 3.45. The second-order valence-electron chi connectivity index (χ2n) is 10.2. The minimum absolute atomic E-state index is 0.0132. The summed E-state index contributed by atoms with van der Waals surface area (Å²) >= 11 is 0. The fraction of sp³-hybridized carbons (Fsp3) is 0.696. The van der Waals surface area contributed by atoms with E-state index in [4.69, 9.17) is 14.2 Å². The molecular weight excluding hydrogens is 400 g/mol. The van der Waals surface area contributed by atoms with Crippen LogP contribution in [0, 0.1) is 11.8 Å². The van der Waals surface area contributed by atoms with Crippen LogP contribution in [0.5, 0.6) is 11.5 Å². The van der Waals surface area contributed by atoms with Crippen molar-refractivity contribution in [2.45, 2.75) is 54.6 Å². The zero-order valence-corrected chi connectivity index (χ0v) is 17.8. The predicted octanol–water partition coefficient (Wildman–Crippen LogP) is 0.275. The maximum absolute atomic E-state index is 13.5. The van der Waals surface area contributed by atoms with Crippen molar-refractivity contribution in [3.8, 4) is 11.5 Å². The fourth-order valence-electron chi connectivity index (χ4n) is 8.32. The van der Waals surface area contributed by atoms with Crippen LogP contribution in [0.1, 0.15) is 24.8 Å². The van der Waals surface area contributed by atoms with Crippen molar-refractivity contribution in [2.24, 2.45) is 11.8 Å². The molecule has 2 bridgehead atoms. The summed E-state index contributed by atoms with van der Waals surface area (Å²) in [6.07, 6.45) is 0.787. The summed E-state index contributed by atoms with van der Waals surface area (Å²) in [5, 5.41) is 22.7. The molecule has 2 N–H and O–H groups in total. The molecule has 8 atom stereocenters. The van der Waals surface area contributed by atoms with Gasteiger partial charge in [-0.25, -0.2) is 0 Å². The van der Waals surface area contributed by atoms with Crippen molar-refractivity contribution < 1.29 is 29.2 Å². The third-order valence-electron chi connectivity index (χ3n) is 9.44. The van der Waals surface area contributed by atoms with Gasteiger partial charge in [0, 0.05) is 35.9 Å². The Morgan fingerprint density at radius 1 is 1.23 bits per heavy atom. The van der Waals surface area contributed by atoms with Gasteiger partial charge in [0.25, 0.3) is 0 Å². The summed E-state index contributed by atoms with van der Waals surface area (Å²) in [4.78, 5) is 17.8. The topological polar surface area (TPSA) is 91.7 Å². The third-order valence-corrected chi connectivity index (χ3v) is 9.44. The van der Waals surface area contributed by atoms with Gasteiger partial charge in [-0.1, -0.05) is 0 Å². The van der Waals surface area contributed by atoms with E-state index in [0.29, 0.717) is 18.0 Å². The van der Waals surface area contributed by atoms with Gasteiger partial charge in [-0.2, -0.15) is 0 Å². The Hall–Kier alpha value is -1.87. The summed E-state index contributed by atoms with van der Waals surface area (Å²) in [5.41, 5.74) is 0.645. The van der Waals surface area contributed by atoms with Crippen LogP contribution in [-0.2, 0) is 14.9 Å². The Morgan fingerprint density at radius 3 is 2.77 bits per heavy atom. The minimum Gasteiger partial charge on any atom is -0.493 e. The van der Waals surface area contributed by atoms with Crippen molar-refractivity contribution in [1.29, 1.82) is 0 Å². The summed E-state index contributed by atoms with van der Waals surface area (Å²) in [6.45, 7) is 1.38. The number of hydrogen-bond donors (Lipinski definition) is 2. The Balaban J connectivity index is 1.51. The Bertz CT molecular complexity index is 1000. The van der Waals surface area contributed by atoms with Gasteiger partial charge >= 0.3 is 0 Å². The summed E-state index contributed by atoms with van der Waals surface area (Å²) in [7, 11) is 3.26. The van der Waals surface area contributed by atoms with E-state index in [-0.39, 0.29) is 54.4 Å². The molecule has 6 aliphatic rings. The summed E-state index contributed by atoms with van der Waals surface area (Å²) < 4.78 is 17.4. The number of aliphatic hydroxyl groups is 2. The van der Waals surface area contributed by atoms with E-state index < -0.39 is 11.7 Å². The molecule has 1 spiro atoms. The standard InChI is InChI=1S/C23H28N2O6/c1-29-14-5-11-13(7-15(14)30-2)25-19(27)8-16-20-12-6-17-22(11,21(20)25)3-4-24(17)10-23(12,28)18(26)9-31-16/h5,7,12,16-18,20-21,26,28H,3-4,6,8-10H2,1-2H3/t12-,16+,17+,18+,20+,21+,22-,23+/m1/s1. The average molecular weight is 428 g/mol. The van der Waals surface area contributed by atoms with Crippen LogP contribution in [0.25, 0.3) is 0 Å². The number of fused-ring (bicyclic) bond motifs is 2. The molecule has 1 aliphatic carbocycles. The molecule has 1 amide bonds. The zero-order chi connectivity index (χ0) is 21.3. The van der Waals surface area contributed by atoms with Crippen LogP contribution in [0.3, 0.4) is 0 Å². The Morgan fingerprint density at radius 2 is 2.00 bits per heavy atom. The number of amides is 1. The average Bonchev–Trinajstić information content (AvgIpc) is 3.26. The van der Waals surface area contributed by atoms with E-state index >= 15 is 0 Å². The molecule has 31 heavy (non-hydrogen) atoms. The number of anilines is 1. The van der Waals surface area contributed by atoms with Crippen LogP contribution >= 0.6 is 0 Å². The van der Waals surface area contributed by atoms with E-state index in [1.165, 1.54) is 0 Å². The number of aliphatic hydroxyl groups excluding tert-OH is 1. The molecule has 5 heterocycles. The first-order valence-electron chi connectivity index (χ1n) is 11.3. The molecule has 7 rings (SSSR count). The summed E-state index contributed by atoms with van der Waals surface area (Å²) in [5.74, 6) is 1.24. The minimum atomic E-state index is -1.21. The fourth-order valence-corrected chi connectivity index (χ4v) is 8.32. The van der Waals surface area contributed by atoms with Gasteiger partial charge in [-0.15, -0.1) is 0 Å². The highest BCUT2D eigenvalue weighted by atomic mass is 16.5. The second kappa shape index (κ2) is 5.73. The number of methoxy groups -OCH3 is 2. The number of carbonyl (C=O) groups is 1. The maximum Gasteiger partial charge on any atom is 0.229 e. The highest BCUT2D eigenvalue weighted by molar-refractivity contribution is 5.99. The normalized spacial score (nSPS) is 46.6. The van der Waals surface area contributed by atoms with Crippen molar-refractivity contribution in [2.75, 3.05) is 38.8 Å². The van der Waals surface area contributed by atoms with Gasteiger partial charge < -0.3 is 29.3 Å². The molecule has 166 valence electrons. The predicted molar refractivity (Wildman–Crippen MR) is 109 cm³/mol. The number of ether oxygens (including phenoxy) is 3. The molecule has 8 nitrogen and oxygen atoms in total. The van der Waals surface area contributed by atoms with Gasteiger partial charge in [-0.3, -0.25) is 9.69 Å². The molecule has 5 fully saturated rings.